The van der Waals surface area contributed by atoms with Gasteiger partial charge in [-0.2, -0.15) is 0 Å². The van der Waals surface area contributed by atoms with Gasteiger partial charge in [-0.05, 0) is 0 Å². The van der Waals surface area contributed by atoms with E-state index in [1.54, 1.807) is 0 Å². The fourth-order valence-electron chi connectivity index (χ4n) is 2.08. The SMILES string of the molecule is O=c1ccn([C@@H]2O[C@H](CO)[C@H](O)C2(Cl)C#CCF)c(=O)[nH]1. The molecule has 0 bridgehead atoms. The molecule has 1 aromatic rings. The van der Waals surface area contributed by atoms with E-state index < -0.39 is 47.8 Å². The van der Waals surface area contributed by atoms with Gasteiger partial charge in [-0.25, -0.2) is 9.18 Å². The van der Waals surface area contributed by atoms with Crippen LogP contribution in [0.4, 0.5) is 4.39 Å². The molecule has 1 aliphatic heterocycles. The van der Waals surface area contributed by atoms with E-state index in [0.717, 1.165) is 16.8 Å². The van der Waals surface area contributed by atoms with E-state index in [4.69, 9.17) is 21.4 Å². The number of nitrogens with one attached hydrogen (secondary N) is 1. The van der Waals surface area contributed by atoms with Crippen LogP contribution in [-0.4, -0.2) is 50.1 Å². The summed E-state index contributed by atoms with van der Waals surface area (Å²) in [5, 5.41) is 19.2. The molecule has 21 heavy (non-hydrogen) atoms. The monoisotopic (exact) mass is 318 g/mol. The number of hydrogen-bond acceptors (Lipinski definition) is 5. The third kappa shape index (κ3) is 2.73. The molecule has 2 heterocycles. The smallest absolute Gasteiger partial charge is 0.330 e. The predicted octanol–water partition coefficient (Wildman–Crippen LogP) is -1.26. The van der Waals surface area contributed by atoms with Crippen LogP contribution < -0.4 is 11.2 Å². The zero-order valence-electron chi connectivity index (χ0n) is 10.6. The van der Waals surface area contributed by atoms with Crippen LogP contribution in [0.1, 0.15) is 6.23 Å². The fourth-order valence-corrected chi connectivity index (χ4v) is 2.45. The first-order chi connectivity index (χ1) is 9.93. The van der Waals surface area contributed by atoms with Gasteiger partial charge >= 0.3 is 5.69 Å². The molecule has 0 aromatic carbocycles. The summed E-state index contributed by atoms with van der Waals surface area (Å²) in [7, 11) is 0. The lowest BCUT2D eigenvalue weighted by atomic mass is 9.99. The van der Waals surface area contributed by atoms with E-state index in [9.17, 15) is 19.1 Å². The second-order valence-corrected chi connectivity index (χ2v) is 5.00. The zero-order valence-corrected chi connectivity index (χ0v) is 11.4. The molecule has 0 saturated carbocycles. The average Bonchev–Trinajstić information content (AvgIpc) is 2.70. The molecule has 0 amide bonds. The topological polar surface area (TPSA) is 105 Å². The molecule has 1 saturated heterocycles. The van der Waals surface area contributed by atoms with Gasteiger partial charge in [0.2, 0.25) is 0 Å². The highest BCUT2D eigenvalue weighted by molar-refractivity contribution is 6.27. The van der Waals surface area contributed by atoms with Gasteiger partial charge in [-0.3, -0.25) is 14.3 Å². The fraction of sp³-hybridized carbons (Fsp3) is 0.500. The van der Waals surface area contributed by atoms with E-state index in [2.05, 4.69) is 11.8 Å². The van der Waals surface area contributed by atoms with Crippen molar-refractivity contribution in [1.82, 2.24) is 9.55 Å². The minimum atomic E-state index is -1.83. The number of aliphatic hydroxyl groups excluding tert-OH is 2. The summed E-state index contributed by atoms with van der Waals surface area (Å²) in [5.74, 6) is 4.39. The van der Waals surface area contributed by atoms with E-state index >= 15 is 0 Å². The van der Waals surface area contributed by atoms with Crippen LogP contribution in [-0.2, 0) is 4.74 Å². The summed E-state index contributed by atoms with van der Waals surface area (Å²) in [6, 6.07) is 1.06. The maximum absolute atomic E-state index is 12.3. The van der Waals surface area contributed by atoms with Crippen molar-refractivity contribution in [1.29, 1.82) is 0 Å². The molecule has 7 nitrogen and oxygen atoms in total. The maximum atomic E-state index is 12.3. The first kappa shape index (κ1) is 15.7. The molecule has 0 aliphatic carbocycles. The number of H-pyrrole nitrogens is 1. The summed E-state index contributed by atoms with van der Waals surface area (Å²) >= 11 is 6.21. The van der Waals surface area contributed by atoms with E-state index in [-0.39, 0.29) is 0 Å². The van der Waals surface area contributed by atoms with Crippen LogP contribution in [0.3, 0.4) is 0 Å². The number of halogens is 2. The molecule has 1 fully saturated rings. The van der Waals surface area contributed by atoms with E-state index in [1.807, 2.05) is 4.98 Å². The molecule has 114 valence electrons. The largest absolute Gasteiger partial charge is 0.394 e. The molecule has 9 heteroatoms. The molecule has 0 spiro atoms. The Bertz CT molecular complexity index is 693. The van der Waals surface area contributed by atoms with Gasteiger partial charge in [0.1, 0.15) is 18.9 Å². The molecule has 2 rings (SSSR count). The van der Waals surface area contributed by atoms with Gasteiger partial charge in [0.25, 0.3) is 5.56 Å². The Morgan fingerprint density at radius 1 is 1.57 bits per heavy atom. The number of aliphatic hydroxyl groups is 2. The van der Waals surface area contributed by atoms with Gasteiger partial charge in [-0.15, -0.1) is 0 Å². The summed E-state index contributed by atoms with van der Waals surface area (Å²) in [5.41, 5.74) is -1.45. The summed E-state index contributed by atoms with van der Waals surface area (Å²) < 4.78 is 18.5. The lowest BCUT2D eigenvalue weighted by Gasteiger charge is -2.25. The Kier molecular flexibility index (Phi) is 4.49. The third-order valence-corrected chi connectivity index (χ3v) is 3.58. The minimum absolute atomic E-state index is 0.568. The van der Waals surface area contributed by atoms with Crippen molar-refractivity contribution in [3.8, 4) is 11.8 Å². The van der Waals surface area contributed by atoms with Gasteiger partial charge in [0.05, 0.1) is 6.61 Å². The molecule has 1 aliphatic rings. The van der Waals surface area contributed by atoms with Crippen LogP contribution in [0, 0.1) is 11.8 Å². The molecular weight excluding hydrogens is 307 g/mol. The number of alkyl halides is 2. The van der Waals surface area contributed by atoms with E-state index in [1.165, 1.54) is 0 Å². The molecule has 1 aromatic heterocycles. The van der Waals surface area contributed by atoms with Crippen molar-refractivity contribution in [3.63, 3.8) is 0 Å². The second-order valence-electron chi connectivity index (χ2n) is 4.38. The van der Waals surface area contributed by atoms with Crippen molar-refractivity contribution in [2.45, 2.75) is 23.3 Å². The molecule has 4 atom stereocenters. The standard InChI is InChI=1S/C12H12ClFN2O5/c13-12(3-1-4-14)9(19)7(6-17)21-10(12)16-5-2-8(18)15-11(16)20/h2,5,7,9-10,17,19H,4,6H2,(H,15,18,20)/t7-,9+,10-,12?/m1/s1. The van der Waals surface area contributed by atoms with Crippen LogP contribution in [0.25, 0.3) is 0 Å². The van der Waals surface area contributed by atoms with E-state index in [0.29, 0.717) is 0 Å². The zero-order chi connectivity index (χ0) is 15.6. The third-order valence-electron chi connectivity index (χ3n) is 3.08. The summed E-state index contributed by atoms with van der Waals surface area (Å²) in [6.45, 7) is -1.57. The average molecular weight is 319 g/mol. The number of nitrogens with zero attached hydrogens (tertiary/aromatic N) is 1. The second kappa shape index (κ2) is 5.99. The highest BCUT2D eigenvalue weighted by Crippen LogP contribution is 2.42. The number of hydrogen-bond donors (Lipinski definition) is 3. The Morgan fingerprint density at radius 3 is 2.86 bits per heavy atom. The van der Waals surface area contributed by atoms with Crippen molar-refractivity contribution < 1.29 is 19.3 Å². The first-order valence-electron chi connectivity index (χ1n) is 5.94. The van der Waals surface area contributed by atoms with Gasteiger partial charge < -0.3 is 14.9 Å². The number of rotatable bonds is 2. The van der Waals surface area contributed by atoms with Gasteiger partial charge in [-0.1, -0.05) is 23.4 Å². The Morgan fingerprint density at radius 2 is 2.29 bits per heavy atom. The lowest BCUT2D eigenvalue weighted by molar-refractivity contribution is -0.0464. The summed E-state index contributed by atoms with van der Waals surface area (Å²) in [4.78, 5) is 23.0. The van der Waals surface area contributed by atoms with Gasteiger partial charge in [0, 0.05) is 12.3 Å². The molecule has 1 unspecified atom stereocenters. The van der Waals surface area contributed by atoms with Crippen molar-refractivity contribution >= 4 is 11.6 Å². The summed E-state index contributed by atoms with van der Waals surface area (Å²) in [6.07, 6.45) is -2.73. The number of aromatic nitrogens is 2. The normalized spacial score (nSPS) is 31.7. The maximum Gasteiger partial charge on any atom is 0.330 e. The highest BCUT2D eigenvalue weighted by atomic mass is 35.5. The Hall–Kier alpha value is -1.66. The van der Waals surface area contributed by atoms with Crippen molar-refractivity contribution in [3.05, 3.63) is 33.1 Å². The predicted molar refractivity (Wildman–Crippen MR) is 70.7 cm³/mol. The van der Waals surface area contributed by atoms with Crippen LogP contribution in [0.15, 0.2) is 21.9 Å². The highest BCUT2D eigenvalue weighted by Gasteiger charge is 2.55. The molecule has 0 radical (unpaired) electrons. The Balaban J connectivity index is 2.53. The number of ether oxygens (including phenoxy) is 1. The van der Waals surface area contributed by atoms with Crippen molar-refractivity contribution in [2.75, 3.05) is 13.3 Å². The molecular formula is C12H12ClFN2O5. The van der Waals surface area contributed by atoms with Crippen molar-refractivity contribution in [2.24, 2.45) is 0 Å². The first-order valence-corrected chi connectivity index (χ1v) is 6.32. The minimum Gasteiger partial charge on any atom is -0.394 e. The van der Waals surface area contributed by atoms with Crippen LogP contribution >= 0.6 is 11.6 Å². The quantitative estimate of drug-likeness (QED) is 0.466. The van der Waals surface area contributed by atoms with Crippen LogP contribution in [0.5, 0.6) is 0 Å². The molecule has 3 N–H and O–H groups in total. The lowest BCUT2D eigenvalue weighted by Crippen LogP contribution is -2.44. The Labute approximate surface area is 122 Å². The van der Waals surface area contributed by atoms with Crippen LogP contribution in [0.2, 0.25) is 0 Å². The number of aromatic amines is 1. The van der Waals surface area contributed by atoms with Gasteiger partial charge in [0.15, 0.2) is 11.1 Å².